The monoisotopic (exact) mass is 162 g/mol. The molecule has 0 fully saturated rings. The lowest BCUT2D eigenvalue weighted by atomic mass is 10.0. The van der Waals surface area contributed by atoms with E-state index in [2.05, 4.69) is 11.4 Å². The maximum atomic E-state index is 10.2. The molecule has 2 rings (SSSR count). The minimum absolute atomic E-state index is 0.666. The maximum absolute atomic E-state index is 10.2. The molecule has 1 aliphatic rings. The van der Waals surface area contributed by atoms with Crippen molar-refractivity contribution >= 4 is 0 Å². The van der Waals surface area contributed by atoms with Crippen molar-refractivity contribution in [2.24, 2.45) is 5.29 Å². The lowest BCUT2D eigenvalue weighted by Gasteiger charge is -2.22. The molecule has 3 heteroatoms. The predicted molar refractivity (Wildman–Crippen MR) is 46.4 cm³/mol. The average molecular weight is 162 g/mol. The SMILES string of the molecule is O=NN1CCc2ccccc2C1. The van der Waals surface area contributed by atoms with Crippen molar-refractivity contribution in [1.82, 2.24) is 5.01 Å². The van der Waals surface area contributed by atoms with Crippen LogP contribution >= 0.6 is 0 Å². The topological polar surface area (TPSA) is 32.7 Å². The molecule has 0 N–H and O–H groups in total. The van der Waals surface area contributed by atoms with Crippen molar-refractivity contribution in [3.63, 3.8) is 0 Å². The van der Waals surface area contributed by atoms with Crippen LogP contribution in [-0.2, 0) is 13.0 Å². The molecule has 1 aromatic carbocycles. The molecule has 62 valence electrons. The Hall–Kier alpha value is -1.38. The standard InChI is InChI=1S/C9H10N2O/c12-10-11-6-5-8-3-1-2-4-9(8)7-11/h1-4H,5-7H2. The molecule has 0 saturated carbocycles. The van der Waals surface area contributed by atoms with Crippen molar-refractivity contribution < 1.29 is 0 Å². The van der Waals surface area contributed by atoms with Gasteiger partial charge in [-0.05, 0) is 17.5 Å². The smallest absolute Gasteiger partial charge is 0.0645 e. The number of nitrogens with zero attached hydrogens (tertiary/aromatic N) is 2. The van der Waals surface area contributed by atoms with Gasteiger partial charge in [0.2, 0.25) is 0 Å². The largest absolute Gasteiger partial charge is 0.256 e. The summed E-state index contributed by atoms with van der Waals surface area (Å²) in [7, 11) is 0. The van der Waals surface area contributed by atoms with Gasteiger partial charge in [-0.2, -0.15) is 0 Å². The summed E-state index contributed by atoms with van der Waals surface area (Å²) in [5, 5.41) is 4.49. The van der Waals surface area contributed by atoms with Gasteiger partial charge in [0.25, 0.3) is 0 Å². The molecule has 1 aliphatic heterocycles. The van der Waals surface area contributed by atoms with Crippen LogP contribution in [0.5, 0.6) is 0 Å². The summed E-state index contributed by atoms with van der Waals surface area (Å²) in [6.07, 6.45) is 0.932. The van der Waals surface area contributed by atoms with Crippen LogP contribution < -0.4 is 0 Å². The van der Waals surface area contributed by atoms with Gasteiger partial charge in [0, 0.05) is 6.54 Å². The summed E-state index contributed by atoms with van der Waals surface area (Å²) in [5.74, 6) is 0. The zero-order chi connectivity index (χ0) is 8.39. The summed E-state index contributed by atoms with van der Waals surface area (Å²) < 4.78 is 0. The van der Waals surface area contributed by atoms with Gasteiger partial charge in [-0.15, -0.1) is 4.91 Å². The first-order valence-corrected chi connectivity index (χ1v) is 4.05. The van der Waals surface area contributed by atoms with Crippen LogP contribution in [0.15, 0.2) is 29.6 Å². The summed E-state index contributed by atoms with van der Waals surface area (Å²) >= 11 is 0. The van der Waals surface area contributed by atoms with E-state index in [0.717, 1.165) is 13.0 Å². The van der Waals surface area contributed by atoms with Crippen LogP contribution in [0, 0.1) is 4.91 Å². The molecule has 0 radical (unpaired) electrons. The third kappa shape index (κ3) is 1.18. The molecule has 1 heterocycles. The summed E-state index contributed by atoms with van der Waals surface area (Å²) in [4.78, 5) is 10.2. The Morgan fingerprint density at radius 3 is 2.75 bits per heavy atom. The fourth-order valence-electron chi connectivity index (χ4n) is 1.55. The lowest BCUT2D eigenvalue weighted by molar-refractivity contribution is 0.263. The van der Waals surface area contributed by atoms with Crippen LogP contribution in [0.4, 0.5) is 0 Å². The van der Waals surface area contributed by atoms with Crippen LogP contribution in [0.25, 0.3) is 0 Å². The van der Waals surface area contributed by atoms with E-state index >= 15 is 0 Å². The maximum Gasteiger partial charge on any atom is 0.0645 e. The summed E-state index contributed by atoms with van der Waals surface area (Å²) in [5.41, 5.74) is 2.57. The molecule has 0 amide bonds. The Labute approximate surface area is 70.9 Å². The van der Waals surface area contributed by atoms with Gasteiger partial charge in [0.1, 0.15) is 0 Å². The quantitative estimate of drug-likeness (QED) is 0.589. The lowest BCUT2D eigenvalue weighted by Crippen LogP contribution is -2.25. The second-order valence-corrected chi connectivity index (χ2v) is 2.99. The Balaban J connectivity index is 2.28. The Morgan fingerprint density at radius 1 is 1.25 bits per heavy atom. The first-order chi connectivity index (χ1) is 5.90. The first kappa shape index (κ1) is 7.28. The summed E-state index contributed by atoms with van der Waals surface area (Å²) in [6.45, 7) is 1.42. The minimum Gasteiger partial charge on any atom is -0.256 e. The third-order valence-electron chi connectivity index (χ3n) is 2.23. The molecule has 0 aliphatic carbocycles. The molecule has 0 aromatic heterocycles. The predicted octanol–water partition coefficient (Wildman–Crippen LogP) is 1.73. The molecule has 0 bridgehead atoms. The van der Waals surface area contributed by atoms with Crippen molar-refractivity contribution in [2.75, 3.05) is 6.54 Å². The molecule has 1 aromatic rings. The Bertz CT molecular complexity index is 298. The van der Waals surface area contributed by atoms with Gasteiger partial charge in [0.05, 0.1) is 11.8 Å². The van der Waals surface area contributed by atoms with Crippen LogP contribution in [0.1, 0.15) is 11.1 Å². The van der Waals surface area contributed by atoms with Crippen LogP contribution in [-0.4, -0.2) is 11.6 Å². The van der Waals surface area contributed by atoms with Gasteiger partial charge < -0.3 is 0 Å². The van der Waals surface area contributed by atoms with E-state index in [1.807, 2.05) is 18.2 Å². The van der Waals surface area contributed by atoms with Gasteiger partial charge in [0.15, 0.2) is 0 Å². The van der Waals surface area contributed by atoms with E-state index in [1.54, 1.807) is 5.01 Å². The van der Waals surface area contributed by atoms with Crippen molar-refractivity contribution in [1.29, 1.82) is 0 Å². The molecule has 0 saturated heterocycles. The fraction of sp³-hybridized carbons (Fsp3) is 0.333. The fourth-order valence-corrected chi connectivity index (χ4v) is 1.55. The van der Waals surface area contributed by atoms with E-state index in [4.69, 9.17) is 0 Å². The van der Waals surface area contributed by atoms with Crippen LogP contribution in [0.3, 0.4) is 0 Å². The average Bonchev–Trinajstić information content (AvgIpc) is 2.17. The highest BCUT2D eigenvalue weighted by atomic mass is 16.3. The van der Waals surface area contributed by atoms with Gasteiger partial charge in [-0.3, -0.25) is 5.01 Å². The van der Waals surface area contributed by atoms with E-state index in [9.17, 15) is 4.91 Å². The van der Waals surface area contributed by atoms with Gasteiger partial charge in [-0.25, -0.2) is 0 Å². The third-order valence-corrected chi connectivity index (χ3v) is 2.23. The molecule has 0 unspecified atom stereocenters. The molecule has 12 heavy (non-hydrogen) atoms. The highest BCUT2D eigenvalue weighted by Crippen LogP contribution is 2.17. The molecule has 0 atom stereocenters. The second kappa shape index (κ2) is 2.93. The number of benzene rings is 1. The number of hydrogen-bond donors (Lipinski definition) is 0. The highest BCUT2D eigenvalue weighted by molar-refractivity contribution is 5.28. The molecular formula is C9H10N2O. The summed E-state index contributed by atoms with van der Waals surface area (Å²) in [6, 6.07) is 8.18. The van der Waals surface area contributed by atoms with E-state index in [1.165, 1.54) is 11.1 Å². The van der Waals surface area contributed by atoms with E-state index in [0.29, 0.717) is 6.54 Å². The highest BCUT2D eigenvalue weighted by Gasteiger charge is 2.13. The first-order valence-electron chi connectivity index (χ1n) is 4.05. The van der Waals surface area contributed by atoms with Gasteiger partial charge >= 0.3 is 0 Å². The van der Waals surface area contributed by atoms with Crippen molar-refractivity contribution in [3.8, 4) is 0 Å². The van der Waals surface area contributed by atoms with Crippen molar-refractivity contribution in [3.05, 3.63) is 40.3 Å². The normalized spacial score (nSPS) is 15.5. The van der Waals surface area contributed by atoms with Crippen molar-refractivity contribution in [2.45, 2.75) is 13.0 Å². The number of nitroso groups, excluding NO2 is 1. The van der Waals surface area contributed by atoms with Crippen LogP contribution in [0.2, 0.25) is 0 Å². The second-order valence-electron chi connectivity index (χ2n) is 2.99. The molecular weight excluding hydrogens is 152 g/mol. The number of rotatable bonds is 1. The van der Waals surface area contributed by atoms with E-state index in [-0.39, 0.29) is 0 Å². The number of fused-ring (bicyclic) bond motifs is 1. The molecule has 0 spiro atoms. The Kier molecular flexibility index (Phi) is 1.78. The van der Waals surface area contributed by atoms with Gasteiger partial charge in [-0.1, -0.05) is 24.3 Å². The minimum atomic E-state index is 0.666. The zero-order valence-electron chi connectivity index (χ0n) is 6.73. The number of hydrogen-bond acceptors (Lipinski definition) is 2. The molecule has 3 nitrogen and oxygen atoms in total. The van der Waals surface area contributed by atoms with E-state index < -0.39 is 0 Å². The zero-order valence-corrected chi connectivity index (χ0v) is 6.73. The Morgan fingerprint density at radius 2 is 2.00 bits per heavy atom.